The molecule has 0 spiro atoms. The van der Waals surface area contributed by atoms with Crippen molar-refractivity contribution in [1.29, 1.82) is 0 Å². The highest BCUT2D eigenvalue weighted by Crippen LogP contribution is 2.41. The van der Waals surface area contributed by atoms with Crippen molar-refractivity contribution in [3.63, 3.8) is 0 Å². The number of rotatable bonds is 5. The van der Waals surface area contributed by atoms with E-state index in [1.807, 2.05) is 0 Å². The van der Waals surface area contributed by atoms with E-state index in [1.54, 1.807) is 13.8 Å². The molecule has 1 aromatic carbocycles. The van der Waals surface area contributed by atoms with Gasteiger partial charge >= 0.3 is 6.18 Å². The number of alkyl halides is 3. The van der Waals surface area contributed by atoms with Gasteiger partial charge in [0.25, 0.3) is 11.4 Å². The van der Waals surface area contributed by atoms with Crippen LogP contribution in [0, 0.1) is 16.0 Å². The number of non-ortho nitro benzene ring substituents is 1. The Bertz CT molecular complexity index is 731. The highest BCUT2D eigenvalue weighted by atomic mass is 19.4. The summed E-state index contributed by atoms with van der Waals surface area (Å²) in [7, 11) is 0. The van der Waals surface area contributed by atoms with Crippen molar-refractivity contribution >= 4 is 17.3 Å². The predicted molar refractivity (Wildman–Crippen MR) is 86.2 cm³/mol. The second-order valence-electron chi connectivity index (χ2n) is 6.56. The number of hydrazone groups is 1. The molecule has 0 aromatic heterocycles. The maximum Gasteiger partial charge on any atom is 0.438 e. The summed E-state index contributed by atoms with van der Waals surface area (Å²) in [5.74, 6) is -1.03. The molecule has 1 aliphatic heterocycles. The van der Waals surface area contributed by atoms with Crippen molar-refractivity contribution in [2.45, 2.75) is 45.0 Å². The summed E-state index contributed by atoms with van der Waals surface area (Å²) in [5.41, 5.74) is -3.21. The second-order valence-corrected chi connectivity index (χ2v) is 6.56. The number of hydrogen-bond donors (Lipinski definition) is 1. The van der Waals surface area contributed by atoms with E-state index in [-0.39, 0.29) is 34.3 Å². The van der Waals surface area contributed by atoms with Crippen molar-refractivity contribution in [2.24, 2.45) is 11.0 Å². The number of nitro groups is 1. The lowest BCUT2D eigenvalue weighted by atomic mass is 9.99. The molecular formula is C16H18F3N3O4. The van der Waals surface area contributed by atoms with Crippen LogP contribution in [-0.2, 0) is 11.2 Å². The summed E-state index contributed by atoms with van der Waals surface area (Å²) in [6, 6.07) is 4.85. The van der Waals surface area contributed by atoms with Gasteiger partial charge in [0.1, 0.15) is 0 Å². The van der Waals surface area contributed by atoms with E-state index in [9.17, 15) is 33.2 Å². The molecule has 0 radical (unpaired) electrons. The molecule has 1 amide bonds. The molecule has 2 rings (SSSR count). The minimum Gasteiger partial charge on any atom is -0.362 e. The molecule has 0 fully saturated rings. The molecule has 7 nitrogen and oxygen atoms in total. The summed E-state index contributed by atoms with van der Waals surface area (Å²) >= 11 is 0. The maximum atomic E-state index is 13.4. The first kappa shape index (κ1) is 19.8. The molecule has 1 N–H and O–H groups in total. The van der Waals surface area contributed by atoms with Crippen LogP contribution in [0.4, 0.5) is 18.9 Å². The molecule has 1 atom stereocenters. The Hall–Kier alpha value is -2.49. The van der Waals surface area contributed by atoms with Crippen LogP contribution >= 0.6 is 0 Å². The number of benzene rings is 1. The summed E-state index contributed by atoms with van der Waals surface area (Å²) in [6.45, 7) is 3.58. The van der Waals surface area contributed by atoms with Gasteiger partial charge in [0, 0.05) is 24.3 Å². The Labute approximate surface area is 147 Å². The zero-order chi connectivity index (χ0) is 19.7. The fourth-order valence-corrected chi connectivity index (χ4v) is 2.67. The monoisotopic (exact) mass is 373 g/mol. The summed E-state index contributed by atoms with van der Waals surface area (Å²) < 4.78 is 40.1. The van der Waals surface area contributed by atoms with Crippen LogP contribution in [0.1, 0.15) is 32.3 Å². The normalized spacial score (nSPS) is 20.4. The van der Waals surface area contributed by atoms with Crippen LogP contribution < -0.4 is 0 Å². The minimum absolute atomic E-state index is 0.0101. The third-order valence-electron chi connectivity index (χ3n) is 3.88. The van der Waals surface area contributed by atoms with Gasteiger partial charge in [0.15, 0.2) is 0 Å². The Morgan fingerprint density at radius 2 is 1.96 bits per heavy atom. The molecule has 1 unspecified atom stereocenters. The highest BCUT2D eigenvalue weighted by molar-refractivity contribution is 5.91. The molecule has 0 saturated heterocycles. The van der Waals surface area contributed by atoms with Gasteiger partial charge in [-0.2, -0.15) is 23.3 Å². The molecule has 0 saturated carbocycles. The van der Waals surface area contributed by atoms with Crippen LogP contribution in [0.5, 0.6) is 0 Å². The minimum atomic E-state index is -5.07. The first-order chi connectivity index (χ1) is 11.9. The molecule has 26 heavy (non-hydrogen) atoms. The Balaban J connectivity index is 2.24. The number of carbonyl (C=O) groups excluding carboxylic acids is 1. The average molecular weight is 373 g/mol. The van der Waals surface area contributed by atoms with Gasteiger partial charge in [-0.25, -0.2) is 0 Å². The van der Waals surface area contributed by atoms with Gasteiger partial charge in [-0.15, -0.1) is 0 Å². The largest absolute Gasteiger partial charge is 0.438 e. The number of amides is 1. The number of hydrogen-bond acceptors (Lipinski definition) is 5. The van der Waals surface area contributed by atoms with Crippen LogP contribution in [0.25, 0.3) is 0 Å². The average Bonchev–Trinajstić information content (AvgIpc) is 2.84. The molecule has 0 bridgehead atoms. The van der Waals surface area contributed by atoms with Crippen molar-refractivity contribution in [3.8, 4) is 0 Å². The smallest absolute Gasteiger partial charge is 0.362 e. The lowest BCUT2D eigenvalue weighted by Gasteiger charge is -2.32. The Morgan fingerprint density at radius 3 is 2.42 bits per heavy atom. The van der Waals surface area contributed by atoms with Gasteiger partial charge in [0.2, 0.25) is 5.91 Å². The van der Waals surface area contributed by atoms with Crippen molar-refractivity contribution in [3.05, 3.63) is 39.9 Å². The van der Waals surface area contributed by atoms with Gasteiger partial charge in [-0.3, -0.25) is 14.9 Å². The quantitative estimate of drug-likeness (QED) is 0.634. The molecular weight excluding hydrogens is 355 g/mol. The van der Waals surface area contributed by atoms with Gasteiger partial charge in [0.05, 0.1) is 11.3 Å². The zero-order valence-electron chi connectivity index (χ0n) is 14.2. The topological polar surface area (TPSA) is 96.0 Å². The maximum absolute atomic E-state index is 13.4. The zero-order valence-corrected chi connectivity index (χ0v) is 14.2. The number of carbonyl (C=O) groups is 1. The fraction of sp³-hybridized carbons (Fsp3) is 0.500. The molecule has 1 aliphatic rings. The fourth-order valence-electron chi connectivity index (χ4n) is 2.67. The van der Waals surface area contributed by atoms with E-state index in [2.05, 4.69) is 5.10 Å². The lowest BCUT2D eigenvalue weighted by Crippen LogP contribution is -2.57. The number of nitrogens with zero attached hydrogens (tertiary/aromatic N) is 3. The molecule has 142 valence electrons. The Kier molecular flexibility index (Phi) is 5.36. The van der Waals surface area contributed by atoms with Gasteiger partial charge < -0.3 is 5.11 Å². The van der Waals surface area contributed by atoms with Crippen LogP contribution in [0.15, 0.2) is 29.4 Å². The molecule has 1 heterocycles. The van der Waals surface area contributed by atoms with Gasteiger partial charge in [-0.05, 0) is 17.9 Å². The SMILES string of the molecule is CC(C)CC1=NN(C(=O)Cc2ccc([N+](=O)[O-])cc2)C(O)(C(F)(F)F)C1. The van der Waals surface area contributed by atoms with E-state index in [0.29, 0.717) is 0 Å². The first-order valence-electron chi connectivity index (χ1n) is 7.86. The summed E-state index contributed by atoms with van der Waals surface area (Å²) in [6.07, 6.45) is -6.12. The van der Waals surface area contributed by atoms with E-state index >= 15 is 0 Å². The third kappa shape index (κ3) is 4.01. The van der Waals surface area contributed by atoms with Gasteiger partial charge in [-0.1, -0.05) is 26.0 Å². The predicted octanol–water partition coefficient (Wildman–Crippen LogP) is 3.02. The summed E-state index contributed by atoms with van der Waals surface area (Å²) in [5, 5.41) is 24.5. The standard InChI is InChI=1S/C16H18F3N3O4/c1-10(2)7-12-9-15(24,16(17,18)19)21(20-12)14(23)8-11-3-5-13(6-4-11)22(25)26/h3-6,10,24H,7-9H2,1-2H3. The lowest BCUT2D eigenvalue weighted by molar-refractivity contribution is -0.384. The molecule has 0 aliphatic carbocycles. The van der Waals surface area contributed by atoms with E-state index in [0.717, 1.165) is 12.1 Å². The van der Waals surface area contributed by atoms with Crippen molar-refractivity contribution in [2.75, 3.05) is 0 Å². The highest BCUT2D eigenvalue weighted by Gasteiger charge is 2.62. The number of nitro benzene ring substituents is 1. The summed E-state index contributed by atoms with van der Waals surface area (Å²) in [4.78, 5) is 22.3. The Morgan fingerprint density at radius 1 is 1.38 bits per heavy atom. The van der Waals surface area contributed by atoms with E-state index in [1.165, 1.54) is 12.1 Å². The number of aliphatic hydroxyl groups is 1. The third-order valence-corrected chi connectivity index (χ3v) is 3.88. The van der Waals surface area contributed by atoms with Crippen molar-refractivity contribution in [1.82, 2.24) is 5.01 Å². The van der Waals surface area contributed by atoms with Crippen molar-refractivity contribution < 1.29 is 28.0 Å². The second kappa shape index (κ2) is 7.02. The number of halogens is 3. The van der Waals surface area contributed by atoms with Crippen LogP contribution in [0.2, 0.25) is 0 Å². The van der Waals surface area contributed by atoms with Crippen LogP contribution in [0.3, 0.4) is 0 Å². The first-order valence-corrected chi connectivity index (χ1v) is 7.86. The molecule has 10 heteroatoms. The molecule has 1 aromatic rings. The van der Waals surface area contributed by atoms with E-state index in [4.69, 9.17) is 0 Å². The van der Waals surface area contributed by atoms with Crippen LogP contribution in [-0.4, -0.2) is 38.6 Å². The van der Waals surface area contributed by atoms with E-state index < -0.39 is 35.6 Å².